The molecule has 144 valence electrons. The third kappa shape index (κ3) is 6.67. The van der Waals surface area contributed by atoms with Crippen LogP contribution in [0.25, 0.3) is 0 Å². The molecule has 2 rings (SSSR count). The Balaban J connectivity index is 1.77. The minimum absolute atomic E-state index is 0.0252. The molecule has 2 N–H and O–H groups in total. The van der Waals surface area contributed by atoms with Gasteiger partial charge in [0.1, 0.15) is 5.60 Å². The summed E-state index contributed by atoms with van der Waals surface area (Å²) in [5.74, 6) is -0.597. The Labute approximate surface area is 154 Å². The Bertz CT molecular complexity index is 588. The average Bonchev–Trinajstić information content (AvgIpc) is 2.58. The van der Waals surface area contributed by atoms with Gasteiger partial charge in [-0.05, 0) is 57.9 Å². The van der Waals surface area contributed by atoms with Crippen LogP contribution >= 0.6 is 0 Å². The summed E-state index contributed by atoms with van der Waals surface area (Å²) in [6.07, 6.45) is 3.09. The van der Waals surface area contributed by atoms with Gasteiger partial charge in [0.15, 0.2) is 6.04 Å². The van der Waals surface area contributed by atoms with E-state index < -0.39 is 23.7 Å². The second kappa shape index (κ2) is 9.03. The van der Waals surface area contributed by atoms with Gasteiger partial charge >= 0.3 is 12.1 Å². The highest BCUT2D eigenvalue weighted by Crippen LogP contribution is 2.33. The van der Waals surface area contributed by atoms with Gasteiger partial charge in [0, 0.05) is 0 Å². The zero-order valence-electron chi connectivity index (χ0n) is 15.7. The summed E-state index contributed by atoms with van der Waals surface area (Å²) in [7, 11) is 0. The fourth-order valence-electron chi connectivity index (χ4n) is 3.14. The Morgan fingerprint density at radius 1 is 1.15 bits per heavy atom. The van der Waals surface area contributed by atoms with Crippen LogP contribution in [0.15, 0.2) is 30.3 Å². The molecule has 1 saturated carbocycles. The largest absolute Gasteiger partial charge is 0.480 e. The Morgan fingerprint density at radius 2 is 1.77 bits per heavy atom. The molecular formula is C20H29NO5. The molecule has 0 bridgehead atoms. The number of hydrogen-bond acceptors (Lipinski definition) is 4. The van der Waals surface area contributed by atoms with E-state index in [2.05, 4.69) is 29.6 Å². The molecule has 1 unspecified atom stereocenters. The number of carboxylic acid groups (broad SMARTS) is 1. The number of carbonyl (C=O) groups excluding carboxylic acids is 1. The van der Waals surface area contributed by atoms with Gasteiger partial charge in [-0.1, -0.05) is 30.3 Å². The van der Waals surface area contributed by atoms with E-state index in [0.29, 0.717) is 5.92 Å². The highest BCUT2D eigenvalue weighted by Gasteiger charge is 2.27. The SMILES string of the molecule is CC(C)(C)OC(=O)NC(CO[C@H]1CC[C@@H](c2ccccc2)CC1)C(=O)O. The van der Waals surface area contributed by atoms with Gasteiger partial charge in [-0.25, -0.2) is 9.59 Å². The summed E-state index contributed by atoms with van der Waals surface area (Å²) < 4.78 is 10.9. The minimum Gasteiger partial charge on any atom is -0.480 e. The zero-order valence-corrected chi connectivity index (χ0v) is 15.7. The van der Waals surface area contributed by atoms with Gasteiger partial charge in [-0.15, -0.1) is 0 Å². The molecule has 1 fully saturated rings. The first kappa shape index (κ1) is 20.2. The van der Waals surface area contributed by atoms with E-state index in [-0.39, 0.29) is 12.7 Å². The number of nitrogens with one attached hydrogen (secondary N) is 1. The standard InChI is InChI=1S/C20H29NO5/c1-20(2,3)26-19(24)21-17(18(22)23)13-25-16-11-9-15(10-12-16)14-7-5-4-6-8-14/h4-8,15-17H,9-13H2,1-3H3,(H,21,24)(H,22,23)/t15-,16+,17?. The molecule has 1 aliphatic carbocycles. The van der Waals surface area contributed by atoms with Crippen LogP contribution in [0.4, 0.5) is 4.79 Å². The lowest BCUT2D eigenvalue weighted by Gasteiger charge is -2.30. The number of rotatable bonds is 6. The maximum Gasteiger partial charge on any atom is 0.408 e. The number of ether oxygens (including phenoxy) is 2. The van der Waals surface area contributed by atoms with Gasteiger partial charge in [-0.3, -0.25) is 0 Å². The van der Waals surface area contributed by atoms with Gasteiger partial charge in [0.25, 0.3) is 0 Å². The van der Waals surface area contributed by atoms with E-state index in [9.17, 15) is 14.7 Å². The van der Waals surface area contributed by atoms with Crippen molar-refractivity contribution < 1.29 is 24.2 Å². The number of benzene rings is 1. The molecule has 6 nitrogen and oxygen atoms in total. The van der Waals surface area contributed by atoms with Crippen LogP contribution in [0.1, 0.15) is 57.9 Å². The molecule has 1 aromatic rings. The fraction of sp³-hybridized carbons (Fsp3) is 0.600. The van der Waals surface area contributed by atoms with Crippen molar-refractivity contribution >= 4 is 12.1 Å². The molecule has 6 heteroatoms. The highest BCUT2D eigenvalue weighted by atomic mass is 16.6. The highest BCUT2D eigenvalue weighted by molar-refractivity contribution is 5.80. The molecule has 1 atom stereocenters. The normalized spacial score (nSPS) is 21.7. The van der Waals surface area contributed by atoms with Gasteiger partial charge in [0.05, 0.1) is 12.7 Å². The van der Waals surface area contributed by atoms with E-state index >= 15 is 0 Å². The molecule has 1 aliphatic rings. The monoisotopic (exact) mass is 363 g/mol. The van der Waals surface area contributed by atoms with Crippen LogP contribution in [0.2, 0.25) is 0 Å². The smallest absolute Gasteiger partial charge is 0.408 e. The first-order valence-electron chi connectivity index (χ1n) is 9.13. The Kier molecular flexibility index (Phi) is 7.03. The maximum atomic E-state index is 11.8. The number of carbonyl (C=O) groups is 2. The molecule has 0 radical (unpaired) electrons. The topological polar surface area (TPSA) is 84.9 Å². The van der Waals surface area contributed by atoms with Crippen LogP contribution < -0.4 is 5.32 Å². The van der Waals surface area contributed by atoms with Crippen molar-refractivity contribution in [3.63, 3.8) is 0 Å². The molecule has 0 aromatic heterocycles. The summed E-state index contributed by atoms with van der Waals surface area (Å²) in [6.45, 7) is 5.12. The van der Waals surface area contributed by atoms with E-state index in [4.69, 9.17) is 9.47 Å². The predicted octanol–water partition coefficient (Wildman–Crippen LogP) is 3.71. The number of carboxylic acids is 1. The molecule has 1 aromatic carbocycles. The van der Waals surface area contributed by atoms with Crippen LogP contribution in [0.3, 0.4) is 0 Å². The molecule has 1 amide bonds. The second-order valence-corrected chi connectivity index (χ2v) is 7.75. The van der Waals surface area contributed by atoms with Gasteiger partial charge in [0.2, 0.25) is 0 Å². The van der Waals surface area contributed by atoms with Crippen LogP contribution in [0, 0.1) is 0 Å². The van der Waals surface area contributed by atoms with Crippen molar-refractivity contribution in [3.8, 4) is 0 Å². The molecule has 0 aliphatic heterocycles. The molecular weight excluding hydrogens is 334 g/mol. The van der Waals surface area contributed by atoms with Crippen molar-refractivity contribution in [2.45, 2.75) is 70.1 Å². The lowest BCUT2D eigenvalue weighted by atomic mass is 9.83. The summed E-state index contributed by atoms with van der Waals surface area (Å²) >= 11 is 0. The van der Waals surface area contributed by atoms with Gasteiger partial charge < -0.3 is 19.9 Å². The van der Waals surface area contributed by atoms with Crippen LogP contribution in [0.5, 0.6) is 0 Å². The van der Waals surface area contributed by atoms with E-state index in [1.165, 1.54) is 5.56 Å². The summed E-state index contributed by atoms with van der Waals surface area (Å²) in [4.78, 5) is 23.1. The summed E-state index contributed by atoms with van der Waals surface area (Å²) in [5.41, 5.74) is 0.671. The molecule has 0 spiro atoms. The van der Waals surface area contributed by atoms with Crippen molar-refractivity contribution in [1.29, 1.82) is 0 Å². The van der Waals surface area contributed by atoms with Crippen LogP contribution in [-0.4, -0.2) is 41.5 Å². The van der Waals surface area contributed by atoms with Crippen LogP contribution in [-0.2, 0) is 14.3 Å². The van der Waals surface area contributed by atoms with Crippen molar-refractivity contribution in [2.24, 2.45) is 0 Å². The lowest BCUT2D eigenvalue weighted by molar-refractivity contribution is -0.142. The molecule has 26 heavy (non-hydrogen) atoms. The van der Waals surface area contributed by atoms with Crippen molar-refractivity contribution in [2.75, 3.05) is 6.61 Å². The maximum absolute atomic E-state index is 11.8. The number of amides is 1. The zero-order chi connectivity index (χ0) is 19.2. The lowest BCUT2D eigenvalue weighted by Crippen LogP contribution is -2.46. The van der Waals surface area contributed by atoms with E-state index in [1.807, 2.05) is 6.07 Å². The first-order valence-corrected chi connectivity index (χ1v) is 9.13. The fourth-order valence-corrected chi connectivity index (χ4v) is 3.14. The van der Waals surface area contributed by atoms with E-state index in [1.54, 1.807) is 20.8 Å². The quantitative estimate of drug-likeness (QED) is 0.805. The van der Waals surface area contributed by atoms with Crippen molar-refractivity contribution in [3.05, 3.63) is 35.9 Å². The molecule has 0 saturated heterocycles. The third-order valence-electron chi connectivity index (χ3n) is 4.43. The number of hydrogen-bond donors (Lipinski definition) is 2. The second-order valence-electron chi connectivity index (χ2n) is 7.75. The number of alkyl carbamates (subject to hydrolysis) is 1. The molecule has 0 heterocycles. The minimum atomic E-state index is -1.13. The summed E-state index contributed by atoms with van der Waals surface area (Å²) in [6, 6.07) is 9.31. The Morgan fingerprint density at radius 3 is 2.31 bits per heavy atom. The predicted molar refractivity (Wildman–Crippen MR) is 98.2 cm³/mol. The third-order valence-corrected chi connectivity index (χ3v) is 4.43. The number of aliphatic carboxylic acids is 1. The Hall–Kier alpha value is -2.08. The van der Waals surface area contributed by atoms with E-state index in [0.717, 1.165) is 25.7 Å². The first-order chi connectivity index (χ1) is 12.2. The van der Waals surface area contributed by atoms with Gasteiger partial charge in [-0.2, -0.15) is 0 Å². The summed E-state index contributed by atoms with van der Waals surface area (Å²) in [5, 5.41) is 11.7. The van der Waals surface area contributed by atoms with Crippen molar-refractivity contribution in [1.82, 2.24) is 5.32 Å². The average molecular weight is 363 g/mol.